The molecular weight excluding hydrogens is 200 g/mol. The Kier molecular flexibility index (Phi) is 3.05. The van der Waals surface area contributed by atoms with Crippen LogP contribution in [-0.4, -0.2) is 15.8 Å². The molecule has 0 saturated carbocycles. The van der Waals surface area contributed by atoms with Gasteiger partial charge < -0.3 is 0 Å². The lowest BCUT2D eigenvalue weighted by molar-refractivity contribution is 0.0992. The molecule has 2 aromatic rings. The Labute approximate surface area is 94.2 Å². The van der Waals surface area contributed by atoms with Gasteiger partial charge in [0.15, 0.2) is 5.78 Å². The van der Waals surface area contributed by atoms with Crippen LogP contribution in [0.1, 0.15) is 21.9 Å². The van der Waals surface area contributed by atoms with Gasteiger partial charge in [0, 0.05) is 11.8 Å². The molecule has 0 fully saturated rings. The van der Waals surface area contributed by atoms with E-state index in [2.05, 4.69) is 9.97 Å². The zero-order chi connectivity index (χ0) is 11.4. The molecule has 2 rings (SSSR count). The Morgan fingerprint density at radius 3 is 2.62 bits per heavy atom. The second-order valence-corrected chi connectivity index (χ2v) is 3.56. The predicted molar refractivity (Wildman–Crippen MR) is 61.2 cm³/mol. The fraction of sp³-hybridized carbons (Fsp3) is 0.154. The summed E-state index contributed by atoms with van der Waals surface area (Å²) in [5.41, 5.74) is 1.49. The van der Waals surface area contributed by atoms with E-state index in [4.69, 9.17) is 0 Å². The first-order chi connectivity index (χ1) is 7.75. The first-order valence-corrected chi connectivity index (χ1v) is 5.12. The van der Waals surface area contributed by atoms with Gasteiger partial charge in [-0.15, -0.1) is 0 Å². The zero-order valence-corrected chi connectivity index (χ0v) is 9.05. The number of aryl methyl sites for hydroxylation is 1. The van der Waals surface area contributed by atoms with Gasteiger partial charge in [-0.3, -0.25) is 4.79 Å². The van der Waals surface area contributed by atoms with Gasteiger partial charge in [-0.1, -0.05) is 30.3 Å². The van der Waals surface area contributed by atoms with E-state index in [-0.39, 0.29) is 5.78 Å². The summed E-state index contributed by atoms with van der Waals surface area (Å²) in [6.45, 7) is 1.82. The van der Waals surface area contributed by atoms with Crippen LogP contribution < -0.4 is 0 Å². The number of nitrogens with zero attached hydrogens (tertiary/aromatic N) is 2. The van der Waals surface area contributed by atoms with Crippen molar-refractivity contribution < 1.29 is 4.79 Å². The molecule has 0 unspecified atom stereocenters. The molecule has 0 bridgehead atoms. The molecule has 80 valence electrons. The molecule has 0 aliphatic rings. The smallest absolute Gasteiger partial charge is 0.168 e. The minimum atomic E-state index is 0.0821. The first kappa shape index (κ1) is 10.5. The zero-order valence-electron chi connectivity index (χ0n) is 9.05. The Hall–Kier alpha value is -2.03. The van der Waals surface area contributed by atoms with Crippen molar-refractivity contribution in [2.45, 2.75) is 13.3 Å². The van der Waals surface area contributed by atoms with Crippen molar-refractivity contribution >= 4 is 5.78 Å². The molecule has 0 N–H and O–H groups in total. The maximum absolute atomic E-state index is 11.9. The van der Waals surface area contributed by atoms with Crippen molar-refractivity contribution in [2.75, 3.05) is 0 Å². The third-order valence-electron chi connectivity index (χ3n) is 2.27. The summed E-state index contributed by atoms with van der Waals surface area (Å²) in [6.07, 6.45) is 2.00. The average molecular weight is 212 g/mol. The number of benzene rings is 1. The fourth-order valence-electron chi connectivity index (χ4n) is 1.49. The van der Waals surface area contributed by atoms with Crippen LogP contribution in [0.2, 0.25) is 0 Å². The summed E-state index contributed by atoms with van der Waals surface area (Å²) in [5, 5.41) is 0. The van der Waals surface area contributed by atoms with E-state index in [0.717, 1.165) is 11.3 Å². The summed E-state index contributed by atoms with van der Waals surface area (Å²) in [7, 11) is 0. The summed E-state index contributed by atoms with van der Waals surface area (Å²) in [5.74, 6) is 0.775. The van der Waals surface area contributed by atoms with Gasteiger partial charge in [-0.25, -0.2) is 9.97 Å². The van der Waals surface area contributed by atoms with Gasteiger partial charge in [0.05, 0.1) is 12.1 Å². The molecular formula is C13H12N2O. The van der Waals surface area contributed by atoms with Gasteiger partial charge in [0.2, 0.25) is 0 Å². The van der Waals surface area contributed by atoms with Crippen LogP contribution in [0.4, 0.5) is 0 Å². The van der Waals surface area contributed by atoms with E-state index in [1.807, 2.05) is 37.3 Å². The van der Waals surface area contributed by atoms with Crippen LogP contribution in [0.15, 0.2) is 42.6 Å². The third kappa shape index (κ3) is 2.51. The van der Waals surface area contributed by atoms with E-state index in [1.165, 1.54) is 0 Å². The lowest BCUT2D eigenvalue weighted by Crippen LogP contribution is -2.05. The highest BCUT2D eigenvalue weighted by Gasteiger charge is 2.07. The number of hydrogen-bond donors (Lipinski definition) is 0. The highest BCUT2D eigenvalue weighted by Crippen LogP contribution is 2.05. The number of hydrogen-bond acceptors (Lipinski definition) is 3. The molecule has 0 atom stereocenters. The van der Waals surface area contributed by atoms with Gasteiger partial charge in [0.25, 0.3) is 0 Å². The van der Waals surface area contributed by atoms with Gasteiger partial charge in [0.1, 0.15) is 5.82 Å². The largest absolute Gasteiger partial charge is 0.294 e. The summed E-state index contributed by atoms with van der Waals surface area (Å²) >= 11 is 0. The van der Waals surface area contributed by atoms with Crippen LogP contribution in [0, 0.1) is 6.92 Å². The molecule has 0 aliphatic heterocycles. The second-order valence-electron chi connectivity index (χ2n) is 3.56. The number of carbonyl (C=O) groups excluding carboxylic acids is 1. The molecule has 0 spiro atoms. The van der Waals surface area contributed by atoms with Crippen LogP contribution in [0.3, 0.4) is 0 Å². The number of aromatic nitrogens is 2. The fourth-order valence-corrected chi connectivity index (χ4v) is 1.49. The van der Waals surface area contributed by atoms with Gasteiger partial charge in [-0.05, 0) is 13.0 Å². The Morgan fingerprint density at radius 1 is 1.19 bits per heavy atom. The van der Waals surface area contributed by atoms with Crippen LogP contribution in [0.5, 0.6) is 0 Å². The van der Waals surface area contributed by atoms with Crippen LogP contribution in [0.25, 0.3) is 0 Å². The maximum atomic E-state index is 11.9. The van der Waals surface area contributed by atoms with Gasteiger partial charge >= 0.3 is 0 Å². The number of ketones is 1. The number of rotatable bonds is 3. The number of Topliss-reactive ketones (excluding diaryl/α,β-unsaturated/α-hetero) is 1. The lowest BCUT2D eigenvalue weighted by Gasteiger charge is -2.01. The molecule has 3 nitrogen and oxygen atoms in total. The minimum absolute atomic E-state index is 0.0821. The van der Waals surface area contributed by atoms with Crippen molar-refractivity contribution in [2.24, 2.45) is 0 Å². The molecule has 1 heterocycles. The molecule has 0 aliphatic carbocycles. The average Bonchev–Trinajstić information content (AvgIpc) is 2.30. The number of carbonyl (C=O) groups is 1. The topological polar surface area (TPSA) is 42.9 Å². The van der Waals surface area contributed by atoms with E-state index in [0.29, 0.717) is 12.2 Å². The molecule has 0 amide bonds. The van der Waals surface area contributed by atoms with Crippen molar-refractivity contribution in [3.05, 3.63) is 59.7 Å². The predicted octanol–water partition coefficient (Wildman–Crippen LogP) is 2.21. The van der Waals surface area contributed by atoms with Crippen molar-refractivity contribution in [1.82, 2.24) is 9.97 Å². The Bertz CT molecular complexity index is 494. The SMILES string of the molecule is Cc1nccc(CC(=O)c2ccccc2)n1. The van der Waals surface area contributed by atoms with Crippen LogP contribution >= 0.6 is 0 Å². The normalized spacial score (nSPS) is 10.1. The molecule has 3 heteroatoms. The summed E-state index contributed by atoms with van der Waals surface area (Å²) < 4.78 is 0. The summed E-state index contributed by atoms with van der Waals surface area (Å²) in [4.78, 5) is 20.1. The maximum Gasteiger partial charge on any atom is 0.168 e. The molecule has 1 aromatic carbocycles. The van der Waals surface area contributed by atoms with E-state index in [1.54, 1.807) is 12.3 Å². The quantitative estimate of drug-likeness (QED) is 0.732. The Balaban J connectivity index is 2.14. The van der Waals surface area contributed by atoms with Crippen molar-refractivity contribution in [1.29, 1.82) is 0 Å². The third-order valence-corrected chi connectivity index (χ3v) is 2.27. The molecule has 0 saturated heterocycles. The molecule has 0 radical (unpaired) electrons. The van der Waals surface area contributed by atoms with E-state index >= 15 is 0 Å². The highest BCUT2D eigenvalue weighted by molar-refractivity contribution is 5.97. The standard InChI is InChI=1S/C13H12N2O/c1-10-14-8-7-12(15-10)9-13(16)11-5-3-2-4-6-11/h2-8H,9H2,1H3. The van der Waals surface area contributed by atoms with Crippen molar-refractivity contribution in [3.63, 3.8) is 0 Å². The Morgan fingerprint density at radius 2 is 1.94 bits per heavy atom. The van der Waals surface area contributed by atoms with Gasteiger partial charge in [-0.2, -0.15) is 0 Å². The molecule has 16 heavy (non-hydrogen) atoms. The van der Waals surface area contributed by atoms with Crippen LogP contribution in [-0.2, 0) is 6.42 Å². The molecule has 1 aromatic heterocycles. The van der Waals surface area contributed by atoms with Crippen molar-refractivity contribution in [3.8, 4) is 0 Å². The van der Waals surface area contributed by atoms with E-state index in [9.17, 15) is 4.79 Å². The second kappa shape index (κ2) is 4.66. The highest BCUT2D eigenvalue weighted by atomic mass is 16.1. The monoisotopic (exact) mass is 212 g/mol. The van der Waals surface area contributed by atoms with E-state index < -0.39 is 0 Å². The summed E-state index contributed by atoms with van der Waals surface area (Å²) in [6, 6.07) is 11.0. The lowest BCUT2D eigenvalue weighted by atomic mass is 10.1. The first-order valence-electron chi connectivity index (χ1n) is 5.12. The minimum Gasteiger partial charge on any atom is -0.294 e.